The molecule has 0 atom stereocenters. The molecule has 2 N–H and O–H groups in total. The summed E-state index contributed by atoms with van der Waals surface area (Å²) >= 11 is 0. The van der Waals surface area contributed by atoms with Crippen molar-refractivity contribution in [3.05, 3.63) is 65.8 Å². The van der Waals surface area contributed by atoms with E-state index >= 15 is 4.39 Å². The van der Waals surface area contributed by atoms with E-state index < -0.39 is 5.82 Å². The maximum atomic E-state index is 15.2. The quantitative estimate of drug-likeness (QED) is 0.451. The molecule has 0 aliphatic heterocycles. The van der Waals surface area contributed by atoms with Gasteiger partial charge >= 0.3 is 0 Å². The first kappa shape index (κ1) is 23.0. The Morgan fingerprint density at radius 1 is 1.12 bits per heavy atom. The van der Waals surface area contributed by atoms with Gasteiger partial charge in [0.2, 0.25) is 5.95 Å². The van der Waals surface area contributed by atoms with E-state index in [0.717, 1.165) is 0 Å². The number of hydrogen-bond acceptors (Lipinski definition) is 7. The van der Waals surface area contributed by atoms with Crippen LogP contribution in [0.1, 0.15) is 42.3 Å². The Morgan fingerprint density at radius 2 is 1.91 bits per heavy atom. The number of rotatable bonds is 6. The first-order chi connectivity index (χ1) is 16.1. The molecule has 11 heteroatoms. The van der Waals surface area contributed by atoms with E-state index in [2.05, 4.69) is 35.8 Å². The monoisotopic (exact) mass is 463 g/mol. The number of halogens is 1. The Kier molecular flexibility index (Phi) is 6.10. The summed E-state index contributed by atoms with van der Waals surface area (Å²) in [7, 11) is 1.80. The molecule has 0 aliphatic carbocycles. The molecule has 0 aliphatic rings. The zero-order valence-electron chi connectivity index (χ0n) is 19.7. The molecule has 0 saturated carbocycles. The average Bonchev–Trinajstić information content (AvgIpc) is 3.44. The highest BCUT2D eigenvalue weighted by Crippen LogP contribution is 2.25. The zero-order valence-corrected chi connectivity index (χ0v) is 19.7. The maximum absolute atomic E-state index is 15.2. The summed E-state index contributed by atoms with van der Waals surface area (Å²) in [4.78, 5) is 25.1. The number of benzene rings is 1. The van der Waals surface area contributed by atoms with Crippen molar-refractivity contribution in [2.24, 2.45) is 7.05 Å². The van der Waals surface area contributed by atoms with Crippen molar-refractivity contribution in [3.8, 4) is 11.4 Å². The van der Waals surface area contributed by atoms with E-state index in [9.17, 15) is 4.79 Å². The van der Waals surface area contributed by atoms with Crippen molar-refractivity contribution in [2.45, 2.75) is 39.8 Å². The number of amides is 1. The van der Waals surface area contributed by atoms with Gasteiger partial charge in [0.1, 0.15) is 12.1 Å². The third kappa shape index (κ3) is 4.92. The third-order valence-corrected chi connectivity index (χ3v) is 5.24. The van der Waals surface area contributed by atoms with Crippen LogP contribution < -0.4 is 10.6 Å². The van der Waals surface area contributed by atoms with E-state index in [1.165, 1.54) is 12.5 Å². The van der Waals surface area contributed by atoms with Crippen LogP contribution in [0.3, 0.4) is 0 Å². The van der Waals surface area contributed by atoms with Crippen LogP contribution in [0.25, 0.3) is 11.4 Å². The van der Waals surface area contributed by atoms with Crippen molar-refractivity contribution >= 4 is 17.5 Å². The zero-order chi connectivity index (χ0) is 24.5. The number of nitrogens with one attached hydrogen (secondary N) is 2. The molecule has 176 valence electrons. The number of aryl methyl sites for hydroxylation is 1. The molecule has 34 heavy (non-hydrogen) atoms. The fourth-order valence-corrected chi connectivity index (χ4v) is 3.27. The van der Waals surface area contributed by atoms with E-state index in [1.54, 1.807) is 54.1 Å². The number of hydrogen-bond donors (Lipinski definition) is 2. The highest BCUT2D eigenvalue weighted by Gasteiger charge is 2.18. The first-order valence-electron chi connectivity index (χ1n) is 10.7. The molecular weight excluding hydrogens is 437 g/mol. The summed E-state index contributed by atoms with van der Waals surface area (Å²) in [5.74, 6) is -0.247. The van der Waals surface area contributed by atoms with Crippen LogP contribution in [-0.4, -0.2) is 40.4 Å². The average molecular weight is 464 g/mol. The van der Waals surface area contributed by atoms with Crippen molar-refractivity contribution in [3.63, 3.8) is 0 Å². The Bertz CT molecular complexity index is 1340. The Hall–Kier alpha value is -4.15. The standard InChI is InChI=1S/C23H26FN9O/c1-14-15(8-25-21(34)16-9-29-33(11-16)23(2,3)4)6-7-18(19(14)24)20-26-13-27-22(31-20)30-17-10-28-32(5)12-17/h6-7,9-13H,8H2,1-5H3,(H,25,34)(H,26,27,30,31). The topological polar surface area (TPSA) is 115 Å². The molecule has 4 aromatic rings. The fraction of sp³-hybridized carbons (Fsp3) is 0.304. The van der Waals surface area contributed by atoms with Crippen LogP contribution in [0.15, 0.2) is 43.2 Å². The molecule has 0 unspecified atom stereocenters. The molecule has 10 nitrogen and oxygen atoms in total. The highest BCUT2D eigenvalue weighted by atomic mass is 19.1. The lowest BCUT2D eigenvalue weighted by Crippen LogP contribution is -2.24. The molecule has 0 saturated heterocycles. The largest absolute Gasteiger partial charge is 0.348 e. The third-order valence-electron chi connectivity index (χ3n) is 5.24. The van der Waals surface area contributed by atoms with Crippen LogP contribution in [0.5, 0.6) is 0 Å². The fourth-order valence-electron chi connectivity index (χ4n) is 3.27. The number of carbonyl (C=O) groups excluding carboxylic acids is 1. The minimum absolute atomic E-state index is 0.174. The maximum Gasteiger partial charge on any atom is 0.254 e. The lowest BCUT2D eigenvalue weighted by Gasteiger charge is -2.18. The summed E-state index contributed by atoms with van der Waals surface area (Å²) in [6.45, 7) is 7.83. The van der Waals surface area contributed by atoms with Gasteiger partial charge in [-0.3, -0.25) is 14.2 Å². The van der Waals surface area contributed by atoms with Gasteiger partial charge in [-0.2, -0.15) is 15.2 Å². The van der Waals surface area contributed by atoms with E-state index in [4.69, 9.17) is 0 Å². The molecule has 1 aromatic carbocycles. The summed E-state index contributed by atoms with van der Waals surface area (Å²) in [5.41, 5.74) is 2.23. The summed E-state index contributed by atoms with van der Waals surface area (Å²) < 4.78 is 18.6. The van der Waals surface area contributed by atoms with Crippen LogP contribution in [-0.2, 0) is 19.1 Å². The molecule has 4 rings (SSSR count). The van der Waals surface area contributed by atoms with Gasteiger partial charge in [0.25, 0.3) is 5.91 Å². The SMILES string of the molecule is Cc1c(CNC(=O)c2cnn(C(C)(C)C)c2)ccc(-c2ncnc(Nc3cnn(C)c3)n2)c1F. The summed E-state index contributed by atoms with van der Waals surface area (Å²) in [5, 5.41) is 14.2. The van der Waals surface area contributed by atoms with Gasteiger partial charge in [-0.15, -0.1) is 0 Å². The van der Waals surface area contributed by atoms with Gasteiger partial charge in [-0.25, -0.2) is 14.4 Å². The second kappa shape index (κ2) is 9.00. The minimum atomic E-state index is -0.453. The van der Waals surface area contributed by atoms with Crippen molar-refractivity contribution in [2.75, 3.05) is 5.32 Å². The number of nitrogens with zero attached hydrogens (tertiary/aromatic N) is 7. The van der Waals surface area contributed by atoms with Crippen LogP contribution in [0.4, 0.5) is 16.0 Å². The molecule has 0 spiro atoms. The van der Waals surface area contributed by atoms with E-state index in [1.807, 2.05) is 20.8 Å². The number of anilines is 2. The molecule has 0 fully saturated rings. The van der Waals surface area contributed by atoms with Gasteiger partial charge in [0.05, 0.1) is 34.7 Å². The first-order valence-corrected chi connectivity index (χ1v) is 10.7. The molecule has 3 aromatic heterocycles. The minimum Gasteiger partial charge on any atom is -0.348 e. The molecule has 0 bridgehead atoms. The smallest absolute Gasteiger partial charge is 0.254 e. The predicted octanol–water partition coefficient (Wildman–Crippen LogP) is 3.34. The second-order valence-electron chi connectivity index (χ2n) is 8.90. The molecule has 3 heterocycles. The predicted molar refractivity (Wildman–Crippen MR) is 125 cm³/mol. The number of carbonyl (C=O) groups is 1. The molecular formula is C23H26FN9O. The molecule has 0 radical (unpaired) electrons. The highest BCUT2D eigenvalue weighted by molar-refractivity contribution is 5.93. The summed E-state index contributed by atoms with van der Waals surface area (Å²) in [6, 6.07) is 3.36. The normalized spacial score (nSPS) is 11.5. The number of aromatic nitrogens is 7. The van der Waals surface area contributed by atoms with Gasteiger partial charge in [-0.1, -0.05) is 6.07 Å². The Labute approximate surface area is 196 Å². The molecule has 1 amide bonds. The van der Waals surface area contributed by atoms with Crippen molar-refractivity contribution in [1.29, 1.82) is 0 Å². The van der Waals surface area contributed by atoms with Gasteiger partial charge in [-0.05, 0) is 44.9 Å². The van der Waals surface area contributed by atoms with Crippen LogP contribution in [0, 0.1) is 12.7 Å². The van der Waals surface area contributed by atoms with Gasteiger partial charge in [0.15, 0.2) is 5.82 Å². The van der Waals surface area contributed by atoms with Gasteiger partial charge < -0.3 is 10.6 Å². The summed E-state index contributed by atoms with van der Waals surface area (Å²) in [6.07, 6.45) is 7.94. The lowest BCUT2D eigenvalue weighted by atomic mass is 10.0. The van der Waals surface area contributed by atoms with E-state index in [-0.39, 0.29) is 35.3 Å². The van der Waals surface area contributed by atoms with Crippen LogP contribution in [0.2, 0.25) is 0 Å². The van der Waals surface area contributed by atoms with Crippen molar-refractivity contribution < 1.29 is 9.18 Å². The second-order valence-corrected chi connectivity index (χ2v) is 8.90. The van der Waals surface area contributed by atoms with Crippen molar-refractivity contribution in [1.82, 2.24) is 39.8 Å². The van der Waals surface area contributed by atoms with Crippen LogP contribution >= 0.6 is 0 Å². The Morgan fingerprint density at radius 3 is 2.59 bits per heavy atom. The lowest BCUT2D eigenvalue weighted by molar-refractivity contribution is 0.0950. The van der Waals surface area contributed by atoms with Gasteiger partial charge in [0, 0.05) is 26.0 Å². The van der Waals surface area contributed by atoms with E-state index in [0.29, 0.717) is 22.4 Å². The Balaban J connectivity index is 1.48.